The highest BCUT2D eigenvalue weighted by atomic mass is 16.7. The van der Waals surface area contributed by atoms with Gasteiger partial charge in [0.05, 0.1) is 13.2 Å². The molecule has 2 aliphatic rings. The minimum Gasteiger partial charge on any atom is -0.343 e. The molecule has 86 valence electrons. The van der Waals surface area contributed by atoms with Gasteiger partial charge in [0.25, 0.3) is 0 Å². The van der Waals surface area contributed by atoms with Crippen molar-refractivity contribution in [1.29, 1.82) is 0 Å². The SMILES string of the molecule is CC1Cc2ccccc2C2(OCCO2)C1C. The Balaban J connectivity index is 2.15. The van der Waals surface area contributed by atoms with Crippen molar-refractivity contribution >= 4 is 0 Å². The zero-order valence-electron chi connectivity index (χ0n) is 9.90. The molecule has 0 aromatic heterocycles. The maximum absolute atomic E-state index is 5.97. The Hall–Kier alpha value is -0.860. The van der Waals surface area contributed by atoms with Crippen LogP contribution in [0.4, 0.5) is 0 Å². The quantitative estimate of drug-likeness (QED) is 0.666. The fraction of sp³-hybridized carbons (Fsp3) is 0.571. The minimum atomic E-state index is -0.464. The van der Waals surface area contributed by atoms with Gasteiger partial charge in [0.1, 0.15) is 0 Å². The summed E-state index contributed by atoms with van der Waals surface area (Å²) in [7, 11) is 0. The zero-order valence-corrected chi connectivity index (χ0v) is 9.90. The van der Waals surface area contributed by atoms with Gasteiger partial charge in [-0.15, -0.1) is 0 Å². The Labute approximate surface area is 96.6 Å². The highest BCUT2D eigenvalue weighted by Gasteiger charge is 2.49. The van der Waals surface area contributed by atoms with Crippen LogP contribution in [0.1, 0.15) is 25.0 Å². The van der Waals surface area contributed by atoms with E-state index in [1.807, 2.05) is 0 Å². The number of rotatable bonds is 0. The van der Waals surface area contributed by atoms with E-state index in [0.717, 1.165) is 6.42 Å². The van der Waals surface area contributed by atoms with E-state index in [9.17, 15) is 0 Å². The van der Waals surface area contributed by atoms with Crippen molar-refractivity contribution in [1.82, 2.24) is 0 Å². The van der Waals surface area contributed by atoms with Gasteiger partial charge >= 0.3 is 0 Å². The van der Waals surface area contributed by atoms with Gasteiger partial charge in [0, 0.05) is 11.5 Å². The standard InChI is InChI=1S/C14H18O2/c1-10-9-12-5-3-4-6-13(12)14(11(10)2)15-7-8-16-14/h3-6,10-11H,7-9H2,1-2H3. The molecule has 0 bridgehead atoms. The van der Waals surface area contributed by atoms with Gasteiger partial charge in [0.2, 0.25) is 0 Å². The monoisotopic (exact) mass is 218 g/mol. The molecule has 0 radical (unpaired) electrons. The molecule has 1 aliphatic carbocycles. The van der Waals surface area contributed by atoms with Crippen LogP contribution >= 0.6 is 0 Å². The molecule has 2 heteroatoms. The van der Waals surface area contributed by atoms with Gasteiger partial charge in [-0.3, -0.25) is 0 Å². The van der Waals surface area contributed by atoms with Gasteiger partial charge in [-0.1, -0.05) is 38.1 Å². The molecular formula is C14H18O2. The molecule has 1 aromatic carbocycles. The average Bonchev–Trinajstić information content (AvgIpc) is 2.77. The lowest BCUT2D eigenvalue weighted by molar-refractivity contribution is -0.217. The summed E-state index contributed by atoms with van der Waals surface area (Å²) in [4.78, 5) is 0. The van der Waals surface area contributed by atoms with Crippen LogP contribution in [-0.2, 0) is 21.7 Å². The molecule has 1 heterocycles. The van der Waals surface area contributed by atoms with Gasteiger partial charge < -0.3 is 9.47 Å². The second kappa shape index (κ2) is 3.57. The predicted octanol–water partition coefficient (Wildman–Crippen LogP) is 2.71. The van der Waals surface area contributed by atoms with Gasteiger partial charge in [-0.25, -0.2) is 0 Å². The van der Waals surface area contributed by atoms with Crippen LogP contribution in [0.15, 0.2) is 24.3 Å². The van der Waals surface area contributed by atoms with Crippen molar-refractivity contribution in [3.05, 3.63) is 35.4 Å². The molecule has 1 spiro atoms. The third kappa shape index (κ3) is 1.26. The molecule has 1 aromatic rings. The lowest BCUT2D eigenvalue weighted by Crippen LogP contribution is -2.43. The largest absolute Gasteiger partial charge is 0.343 e. The van der Waals surface area contributed by atoms with Crippen molar-refractivity contribution in [2.45, 2.75) is 26.1 Å². The second-order valence-corrected chi connectivity index (χ2v) is 4.99. The van der Waals surface area contributed by atoms with E-state index in [0.29, 0.717) is 25.0 Å². The van der Waals surface area contributed by atoms with E-state index in [1.165, 1.54) is 11.1 Å². The molecular weight excluding hydrogens is 200 g/mol. The highest BCUT2D eigenvalue weighted by molar-refractivity contribution is 5.35. The van der Waals surface area contributed by atoms with Gasteiger partial charge in [0.15, 0.2) is 5.79 Å². The molecule has 1 saturated heterocycles. The first-order valence-corrected chi connectivity index (χ1v) is 6.10. The Bertz CT molecular complexity index is 393. The summed E-state index contributed by atoms with van der Waals surface area (Å²) >= 11 is 0. The topological polar surface area (TPSA) is 18.5 Å². The van der Waals surface area contributed by atoms with E-state index in [-0.39, 0.29) is 0 Å². The summed E-state index contributed by atoms with van der Waals surface area (Å²) in [5.41, 5.74) is 2.63. The number of benzene rings is 1. The third-order valence-electron chi connectivity index (χ3n) is 4.10. The third-order valence-corrected chi connectivity index (χ3v) is 4.10. The minimum absolute atomic E-state index is 0.421. The summed E-state index contributed by atoms with van der Waals surface area (Å²) in [6, 6.07) is 8.53. The van der Waals surface area contributed by atoms with Crippen molar-refractivity contribution in [2.24, 2.45) is 11.8 Å². The average molecular weight is 218 g/mol. The van der Waals surface area contributed by atoms with Crippen LogP contribution in [0, 0.1) is 11.8 Å². The lowest BCUT2D eigenvalue weighted by Gasteiger charge is -2.42. The molecule has 2 atom stereocenters. The lowest BCUT2D eigenvalue weighted by atomic mass is 9.73. The first-order chi connectivity index (χ1) is 7.74. The van der Waals surface area contributed by atoms with Crippen LogP contribution in [0.5, 0.6) is 0 Å². The molecule has 2 nitrogen and oxygen atoms in total. The van der Waals surface area contributed by atoms with Crippen LogP contribution in [0.25, 0.3) is 0 Å². The molecule has 2 unspecified atom stereocenters. The maximum atomic E-state index is 5.97. The first-order valence-electron chi connectivity index (χ1n) is 6.10. The van der Waals surface area contributed by atoms with Gasteiger partial charge in [-0.2, -0.15) is 0 Å². The Kier molecular flexibility index (Phi) is 2.30. The van der Waals surface area contributed by atoms with Gasteiger partial charge in [-0.05, 0) is 17.9 Å². The van der Waals surface area contributed by atoms with E-state index in [2.05, 4.69) is 38.1 Å². The van der Waals surface area contributed by atoms with Crippen molar-refractivity contribution in [2.75, 3.05) is 13.2 Å². The Morgan fingerprint density at radius 2 is 1.81 bits per heavy atom. The summed E-state index contributed by atoms with van der Waals surface area (Å²) in [6.45, 7) is 5.95. The summed E-state index contributed by atoms with van der Waals surface area (Å²) in [6.07, 6.45) is 1.13. The maximum Gasteiger partial charge on any atom is 0.198 e. The Morgan fingerprint density at radius 1 is 1.12 bits per heavy atom. The number of hydrogen-bond acceptors (Lipinski definition) is 2. The van der Waals surface area contributed by atoms with E-state index < -0.39 is 5.79 Å². The number of ether oxygens (including phenoxy) is 2. The second-order valence-electron chi connectivity index (χ2n) is 4.99. The summed E-state index contributed by atoms with van der Waals surface area (Å²) in [5.74, 6) is 0.562. The van der Waals surface area contributed by atoms with Crippen LogP contribution in [-0.4, -0.2) is 13.2 Å². The van der Waals surface area contributed by atoms with Crippen LogP contribution in [0.3, 0.4) is 0 Å². The van der Waals surface area contributed by atoms with Crippen LogP contribution in [0.2, 0.25) is 0 Å². The van der Waals surface area contributed by atoms with Crippen LogP contribution < -0.4 is 0 Å². The van der Waals surface area contributed by atoms with E-state index in [1.54, 1.807) is 0 Å². The normalized spacial score (nSPS) is 31.6. The van der Waals surface area contributed by atoms with E-state index in [4.69, 9.17) is 9.47 Å². The molecule has 0 amide bonds. The molecule has 0 saturated carbocycles. The molecule has 1 fully saturated rings. The number of hydrogen-bond donors (Lipinski definition) is 0. The van der Waals surface area contributed by atoms with Crippen molar-refractivity contribution < 1.29 is 9.47 Å². The zero-order chi connectivity index (χ0) is 11.2. The summed E-state index contributed by atoms with van der Waals surface area (Å²) < 4.78 is 11.9. The first kappa shape index (κ1) is 10.3. The highest BCUT2D eigenvalue weighted by Crippen LogP contribution is 2.47. The molecule has 1 aliphatic heterocycles. The molecule has 3 rings (SSSR count). The molecule has 16 heavy (non-hydrogen) atoms. The predicted molar refractivity (Wildman–Crippen MR) is 62.1 cm³/mol. The van der Waals surface area contributed by atoms with Crippen molar-refractivity contribution in [3.8, 4) is 0 Å². The fourth-order valence-electron chi connectivity index (χ4n) is 3.03. The Morgan fingerprint density at radius 3 is 2.56 bits per heavy atom. The molecule has 0 N–H and O–H groups in total. The summed E-state index contributed by atoms with van der Waals surface area (Å²) in [5, 5.41) is 0. The van der Waals surface area contributed by atoms with Crippen molar-refractivity contribution in [3.63, 3.8) is 0 Å². The fourth-order valence-corrected chi connectivity index (χ4v) is 3.03. The number of fused-ring (bicyclic) bond motifs is 2. The van der Waals surface area contributed by atoms with E-state index >= 15 is 0 Å². The smallest absolute Gasteiger partial charge is 0.198 e.